The van der Waals surface area contributed by atoms with E-state index in [1.165, 1.54) is 21.3 Å². The maximum atomic E-state index is 13.0. The Bertz CT molecular complexity index is 984. The number of benzene rings is 1. The van der Waals surface area contributed by atoms with Crippen molar-refractivity contribution < 1.29 is 47.9 Å². The van der Waals surface area contributed by atoms with Crippen molar-refractivity contribution in [3.63, 3.8) is 0 Å². The van der Waals surface area contributed by atoms with E-state index >= 15 is 0 Å². The third-order valence-corrected chi connectivity index (χ3v) is 8.07. The highest BCUT2D eigenvalue weighted by Crippen LogP contribution is 2.55. The van der Waals surface area contributed by atoms with E-state index in [4.69, 9.17) is 33.2 Å². The van der Waals surface area contributed by atoms with Crippen molar-refractivity contribution >= 4 is 34.5 Å². The second kappa shape index (κ2) is 10.3. The van der Waals surface area contributed by atoms with Crippen LogP contribution in [0.2, 0.25) is 0 Å². The average Bonchev–Trinajstić information content (AvgIpc) is 3.43. The van der Waals surface area contributed by atoms with Crippen LogP contribution in [-0.4, -0.2) is 75.2 Å². The maximum Gasteiger partial charge on any atom is 0.317 e. The van der Waals surface area contributed by atoms with Crippen LogP contribution in [0.15, 0.2) is 6.07 Å². The fourth-order valence-corrected chi connectivity index (χ4v) is 6.08. The normalized spacial score (nSPS) is 31.0. The SMILES string of the molecule is CCCCC[C@@]1(O)O[C@H]2[C@H](OC(=O)Cc3cc(OC)c(OC)c(OC)c3I)CO[C@]23COC(=O)[C@@H]31. The first-order chi connectivity index (χ1) is 16.7. The minimum absolute atomic E-state index is 0.0426. The highest BCUT2D eigenvalue weighted by molar-refractivity contribution is 14.1. The van der Waals surface area contributed by atoms with Gasteiger partial charge in [0.25, 0.3) is 0 Å². The number of carbonyl (C=O) groups is 2. The molecule has 10 nitrogen and oxygen atoms in total. The second-order valence-corrected chi connectivity index (χ2v) is 10.0. The molecule has 1 spiro atoms. The van der Waals surface area contributed by atoms with Crippen LogP contribution in [0.5, 0.6) is 17.2 Å². The number of methoxy groups -OCH3 is 3. The van der Waals surface area contributed by atoms with E-state index in [0.29, 0.717) is 32.8 Å². The minimum Gasteiger partial charge on any atom is -0.493 e. The standard InChI is InChI=1S/C24H31IO10/c1-5-6-7-8-24(28)20-22(27)32-12-23(20)21(35-24)15(11-33-23)34-16(26)10-13-9-14(29-2)18(30-3)19(31-4)17(13)25/h9,15,20-21,28H,5-8,10-12H2,1-4H3/t15-,20+,21+,23+,24-/m1/s1. The lowest BCUT2D eigenvalue weighted by atomic mass is 9.81. The number of hydrogen-bond acceptors (Lipinski definition) is 10. The number of ether oxygens (including phenoxy) is 7. The Morgan fingerprint density at radius 1 is 1.20 bits per heavy atom. The molecule has 0 bridgehead atoms. The molecule has 3 heterocycles. The minimum atomic E-state index is -1.72. The maximum absolute atomic E-state index is 13.0. The lowest BCUT2D eigenvalue weighted by Crippen LogP contribution is -2.47. The highest BCUT2D eigenvalue weighted by atomic mass is 127. The van der Waals surface area contributed by atoms with E-state index in [1.807, 2.05) is 6.92 Å². The summed E-state index contributed by atoms with van der Waals surface area (Å²) < 4.78 is 40.0. The molecule has 194 valence electrons. The van der Waals surface area contributed by atoms with Crippen molar-refractivity contribution in [2.45, 2.75) is 62.6 Å². The smallest absolute Gasteiger partial charge is 0.317 e. The summed E-state index contributed by atoms with van der Waals surface area (Å²) >= 11 is 2.08. The molecule has 0 unspecified atom stereocenters. The largest absolute Gasteiger partial charge is 0.493 e. The highest BCUT2D eigenvalue weighted by Gasteiger charge is 2.75. The summed E-state index contributed by atoms with van der Waals surface area (Å²) in [5.74, 6) is -2.45. The molecule has 3 aliphatic heterocycles. The van der Waals surface area contributed by atoms with Gasteiger partial charge in [-0.05, 0) is 40.6 Å². The first kappa shape index (κ1) is 26.2. The van der Waals surface area contributed by atoms with E-state index in [9.17, 15) is 14.7 Å². The Morgan fingerprint density at radius 2 is 1.94 bits per heavy atom. The van der Waals surface area contributed by atoms with Crippen molar-refractivity contribution in [3.8, 4) is 17.2 Å². The van der Waals surface area contributed by atoms with Crippen LogP contribution in [0.3, 0.4) is 0 Å². The number of esters is 2. The van der Waals surface area contributed by atoms with Gasteiger partial charge in [0.1, 0.15) is 18.6 Å². The number of halogens is 1. The molecule has 3 saturated heterocycles. The summed E-state index contributed by atoms with van der Waals surface area (Å²) in [5.41, 5.74) is -0.524. The Kier molecular flexibility index (Phi) is 7.70. The Hall–Kier alpha value is -1.83. The predicted octanol–water partition coefficient (Wildman–Crippen LogP) is 2.38. The first-order valence-corrected chi connectivity index (χ1v) is 12.7. The quantitative estimate of drug-likeness (QED) is 0.242. The van der Waals surface area contributed by atoms with Crippen molar-refractivity contribution in [1.29, 1.82) is 0 Å². The number of carbonyl (C=O) groups excluding carboxylic acids is 2. The van der Waals surface area contributed by atoms with Gasteiger partial charge in [-0.15, -0.1) is 0 Å². The molecule has 35 heavy (non-hydrogen) atoms. The van der Waals surface area contributed by atoms with Gasteiger partial charge in [-0.3, -0.25) is 9.59 Å². The van der Waals surface area contributed by atoms with Crippen molar-refractivity contribution in [3.05, 3.63) is 15.2 Å². The van der Waals surface area contributed by atoms with E-state index in [0.717, 1.165) is 12.8 Å². The van der Waals surface area contributed by atoms with Crippen LogP contribution >= 0.6 is 22.6 Å². The lowest BCUT2D eigenvalue weighted by Gasteiger charge is -2.28. The van der Waals surface area contributed by atoms with E-state index < -0.39 is 41.5 Å². The number of rotatable bonds is 10. The molecule has 1 N–H and O–H groups in total. The summed E-state index contributed by atoms with van der Waals surface area (Å²) in [6.45, 7) is 2.05. The molecule has 3 fully saturated rings. The van der Waals surface area contributed by atoms with E-state index in [1.54, 1.807) is 6.07 Å². The van der Waals surface area contributed by atoms with Crippen LogP contribution in [0.1, 0.15) is 38.2 Å². The lowest BCUT2D eigenvalue weighted by molar-refractivity contribution is -0.234. The molecular formula is C24H31IO10. The molecule has 11 heteroatoms. The van der Waals surface area contributed by atoms with Crippen LogP contribution in [0, 0.1) is 9.49 Å². The van der Waals surface area contributed by atoms with Gasteiger partial charge in [0.15, 0.2) is 29.0 Å². The predicted molar refractivity (Wildman–Crippen MR) is 129 cm³/mol. The van der Waals surface area contributed by atoms with Gasteiger partial charge in [0, 0.05) is 6.42 Å². The third kappa shape index (κ3) is 4.44. The summed E-state index contributed by atoms with van der Waals surface area (Å²) in [6, 6.07) is 1.70. The fourth-order valence-electron chi connectivity index (χ4n) is 5.27. The first-order valence-electron chi connectivity index (χ1n) is 11.6. The van der Waals surface area contributed by atoms with Gasteiger partial charge in [-0.1, -0.05) is 19.8 Å². The zero-order valence-corrected chi connectivity index (χ0v) is 22.4. The van der Waals surface area contributed by atoms with E-state index in [2.05, 4.69) is 22.6 Å². The summed E-state index contributed by atoms with van der Waals surface area (Å²) in [6.07, 6.45) is 1.13. The summed E-state index contributed by atoms with van der Waals surface area (Å²) in [4.78, 5) is 25.5. The number of cyclic esters (lactones) is 1. The molecule has 0 radical (unpaired) electrons. The molecule has 4 rings (SSSR count). The Labute approximate surface area is 217 Å². The van der Waals surface area contributed by atoms with Gasteiger partial charge in [-0.2, -0.15) is 0 Å². The van der Waals surface area contributed by atoms with E-state index in [-0.39, 0.29) is 26.1 Å². The molecule has 1 aromatic rings. The molecule has 0 aromatic heterocycles. The monoisotopic (exact) mass is 606 g/mol. The topological polar surface area (TPSA) is 119 Å². The second-order valence-electron chi connectivity index (χ2n) is 8.97. The van der Waals surface area contributed by atoms with Crippen LogP contribution in [0.25, 0.3) is 0 Å². The Balaban J connectivity index is 1.51. The fraction of sp³-hybridized carbons (Fsp3) is 0.667. The molecule has 5 atom stereocenters. The van der Waals surface area contributed by atoms with Gasteiger partial charge in [0.2, 0.25) is 5.75 Å². The zero-order chi connectivity index (χ0) is 25.4. The number of unbranched alkanes of at least 4 members (excludes halogenated alkanes) is 2. The van der Waals surface area contributed by atoms with Crippen LogP contribution in [0.4, 0.5) is 0 Å². The number of hydrogen-bond donors (Lipinski definition) is 1. The third-order valence-electron chi connectivity index (χ3n) is 6.88. The van der Waals surface area contributed by atoms with Gasteiger partial charge >= 0.3 is 11.9 Å². The van der Waals surface area contributed by atoms with Crippen molar-refractivity contribution in [2.24, 2.45) is 5.92 Å². The molecule has 0 amide bonds. The molecular weight excluding hydrogens is 575 g/mol. The van der Waals surface area contributed by atoms with Gasteiger partial charge in [0.05, 0.1) is 37.9 Å². The van der Waals surface area contributed by atoms with Crippen molar-refractivity contribution in [1.82, 2.24) is 0 Å². The molecule has 0 saturated carbocycles. The van der Waals surface area contributed by atoms with Gasteiger partial charge in [-0.25, -0.2) is 0 Å². The summed E-state index contributed by atoms with van der Waals surface area (Å²) in [7, 11) is 4.52. The van der Waals surface area contributed by atoms with Crippen LogP contribution < -0.4 is 14.2 Å². The summed E-state index contributed by atoms with van der Waals surface area (Å²) in [5, 5.41) is 11.3. The average molecular weight is 606 g/mol. The van der Waals surface area contributed by atoms with Crippen LogP contribution in [-0.2, 0) is 35.0 Å². The van der Waals surface area contributed by atoms with Crippen molar-refractivity contribution in [2.75, 3.05) is 34.5 Å². The molecule has 0 aliphatic carbocycles. The molecule has 1 aromatic carbocycles. The number of aliphatic hydroxyl groups is 1. The Morgan fingerprint density at radius 3 is 2.60 bits per heavy atom. The molecule has 3 aliphatic rings. The van der Waals surface area contributed by atoms with Gasteiger partial charge < -0.3 is 38.3 Å². The zero-order valence-electron chi connectivity index (χ0n) is 20.3.